The van der Waals surface area contributed by atoms with Gasteiger partial charge >= 0.3 is 0 Å². The van der Waals surface area contributed by atoms with Gasteiger partial charge in [0.2, 0.25) is 0 Å². The van der Waals surface area contributed by atoms with Gasteiger partial charge in [-0.15, -0.1) is 0 Å². The Bertz CT molecular complexity index is 460. The monoisotopic (exact) mass is 235 g/mol. The first-order chi connectivity index (χ1) is 8.08. The molecule has 1 aromatic carbocycles. The molecule has 2 rings (SSSR count). The maximum absolute atomic E-state index is 13.1. The number of carbonyl (C=O) groups is 2. The molecule has 1 fully saturated rings. The first kappa shape index (κ1) is 11.8. The number of likely N-dealkylation sites (tertiary alicyclic amines) is 1. The molecular weight excluding hydrogens is 221 g/mol. The zero-order valence-corrected chi connectivity index (χ0v) is 9.70. The van der Waals surface area contributed by atoms with Crippen LogP contribution in [0.4, 0.5) is 4.39 Å². The van der Waals surface area contributed by atoms with Crippen molar-refractivity contribution in [2.24, 2.45) is 0 Å². The molecule has 1 heterocycles. The quantitative estimate of drug-likeness (QED) is 0.746. The first-order valence-electron chi connectivity index (χ1n) is 5.65. The maximum atomic E-state index is 13.1. The van der Waals surface area contributed by atoms with E-state index >= 15 is 0 Å². The van der Waals surface area contributed by atoms with E-state index in [1.807, 2.05) is 0 Å². The third kappa shape index (κ3) is 2.52. The molecule has 0 unspecified atom stereocenters. The van der Waals surface area contributed by atoms with E-state index in [1.165, 1.54) is 12.1 Å². The minimum atomic E-state index is -0.410. The summed E-state index contributed by atoms with van der Waals surface area (Å²) in [6, 6.07) is 4.19. The number of Topliss-reactive ketones (excluding diaryl/α,β-unsaturated/α-hetero) is 1. The molecule has 1 saturated heterocycles. The van der Waals surface area contributed by atoms with Crippen molar-refractivity contribution < 1.29 is 14.0 Å². The second-order valence-electron chi connectivity index (χ2n) is 4.29. The Morgan fingerprint density at radius 2 is 1.94 bits per heavy atom. The molecule has 0 radical (unpaired) electrons. The summed E-state index contributed by atoms with van der Waals surface area (Å²) < 4.78 is 13.1. The summed E-state index contributed by atoms with van der Waals surface area (Å²) in [5, 5.41) is 0. The van der Waals surface area contributed by atoms with Crippen LogP contribution in [0.5, 0.6) is 0 Å². The number of ketones is 1. The summed E-state index contributed by atoms with van der Waals surface area (Å²) in [7, 11) is 0. The van der Waals surface area contributed by atoms with E-state index < -0.39 is 5.82 Å². The molecule has 0 spiro atoms. The van der Waals surface area contributed by atoms with Gasteiger partial charge in [0, 0.05) is 31.5 Å². The highest BCUT2D eigenvalue weighted by molar-refractivity contribution is 5.96. The normalized spacial score (nSPS) is 16.1. The van der Waals surface area contributed by atoms with Crippen molar-refractivity contribution in [2.75, 3.05) is 13.1 Å². The fraction of sp³-hybridized carbons (Fsp3) is 0.385. The Hall–Kier alpha value is -1.71. The van der Waals surface area contributed by atoms with Gasteiger partial charge in [-0.2, -0.15) is 0 Å². The topological polar surface area (TPSA) is 37.4 Å². The van der Waals surface area contributed by atoms with Crippen molar-refractivity contribution in [3.05, 3.63) is 35.1 Å². The summed E-state index contributed by atoms with van der Waals surface area (Å²) >= 11 is 0. The lowest BCUT2D eigenvalue weighted by Gasteiger charge is -2.26. The minimum absolute atomic E-state index is 0.185. The molecule has 0 saturated carbocycles. The highest BCUT2D eigenvalue weighted by Gasteiger charge is 2.23. The van der Waals surface area contributed by atoms with E-state index in [0.717, 1.165) is 5.56 Å². The van der Waals surface area contributed by atoms with E-state index in [9.17, 15) is 14.0 Å². The van der Waals surface area contributed by atoms with Crippen molar-refractivity contribution in [1.82, 2.24) is 4.90 Å². The van der Waals surface area contributed by atoms with Gasteiger partial charge in [0.15, 0.2) is 0 Å². The Labute approximate surface area is 99.2 Å². The Morgan fingerprint density at radius 3 is 2.59 bits per heavy atom. The Morgan fingerprint density at radius 1 is 1.29 bits per heavy atom. The van der Waals surface area contributed by atoms with E-state index in [4.69, 9.17) is 0 Å². The van der Waals surface area contributed by atoms with Crippen molar-refractivity contribution in [2.45, 2.75) is 19.8 Å². The molecule has 3 nitrogen and oxygen atoms in total. The Kier molecular flexibility index (Phi) is 3.22. The number of amides is 1. The van der Waals surface area contributed by atoms with Crippen LogP contribution in [0.1, 0.15) is 28.8 Å². The summed E-state index contributed by atoms with van der Waals surface area (Å²) in [6.45, 7) is 2.66. The van der Waals surface area contributed by atoms with Crippen molar-refractivity contribution in [1.29, 1.82) is 0 Å². The number of carbonyl (C=O) groups excluding carboxylic acids is 2. The molecule has 1 aliphatic rings. The molecule has 0 bridgehead atoms. The van der Waals surface area contributed by atoms with E-state index in [2.05, 4.69) is 0 Å². The van der Waals surface area contributed by atoms with Crippen LogP contribution < -0.4 is 0 Å². The molecule has 1 aromatic rings. The molecule has 0 aliphatic carbocycles. The van der Waals surface area contributed by atoms with Crippen LogP contribution in [0.3, 0.4) is 0 Å². The predicted octanol–water partition coefficient (Wildman–Crippen LogP) is 1.94. The SMILES string of the molecule is Cc1ccc(F)cc1C(=O)N1CCC(=O)CC1. The number of halogens is 1. The average Bonchev–Trinajstić information content (AvgIpc) is 2.32. The first-order valence-corrected chi connectivity index (χ1v) is 5.65. The van der Waals surface area contributed by atoms with Gasteiger partial charge < -0.3 is 4.90 Å². The van der Waals surface area contributed by atoms with Gasteiger partial charge in [0.25, 0.3) is 5.91 Å². The second-order valence-corrected chi connectivity index (χ2v) is 4.29. The third-order valence-electron chi connectivity index (χ3n) is 3.04. The largest absolute Gasteiger partial charge is 0.338 e. The number of nitrogens with zero attached hydrogens (tertiary/aromatic N) is 1. The molecule has 90 valence electrons. The highest BCUT2D eigenvalue weighted by Crippen LogP contribution is 2.15. The molecule has 1 amide bonds. The molecule has 0 atom stereocenters. The van der Waals surface area contributed by atoms with Crippen molar-refractivity contribution >= 4 is 11.7 Å². The number of piperidine rings is 1. The van der Waals surface area contributed by atoms with Gasteiger partial charge in [0.1, 0.15) is 11.6 Å². The highest BCUT2D eigenvalue weighted by atomic mass is 19.1. The van der Waals surface area contributed by atoms with E-state index in [1.54, 1.807) is 17.9 Å². The molecule has 0 N–H and O–H groups in total. The standard InChI is InChI=1S/C13H14FNO2/c1-9-2-3-10(14)8-12(9)13(17)15-6-4-11(16)5-7-15/h2-3,8H,4-7H2,1H3. The fourth-order valence-electron chi connectivity index (χ4n) is 1.95. The van der Waals surface area contributed by atoms with Gasteiger partial charge in [-0.3, -0.25) is 9.59 Å². The van der Waals surface area contributed by atoms with Gasteiger partial charge in [-0.25, -0.2) is 4.39 Å². The number of benzene rings is 1. The summed E-state index contributed by atoms with van der Waals surface area (Å²) in [4.78, 5) is 24.8. The zero-order valence-electron chi connectivity index (χ0n) is 9.70. The molecule has 1 aliphatic heterocycles. The summed E-state index contributed by atoms with van der Waals surface area (Å²) in [5.41, 5.74) is 1.15. The van der Waals surface area contributed by atoms with E-state index in [0.29, 0.717) is 31.5 Å². The van der Waals surface area contributed by atoms with Gasteiger partial charge in [-0.1, -0.05) is 6.07 Å². The van der Waals surface area contributed by atoms with Crippen molar-refractivity contribution in [3.63, 3.8) is 0 Å². The van der Waals surface area contributed by atoms with Crippen LogP contribution in [0.2, 0.25) is 0 Å². The summed E-state index contributed by atoms with van der Waals surface area (Å²) in [5.74, 6) is -0.411. The number of hydrogen-bond donors (Lipinski definition) is 0. The lowest BCUT2D eigenvalue weighted by Crippen LogP contribution is -2.38. The molecule has 0 aromatic heterocycles. The summed E-state index contributed by atoms with van der Waals surface area (Å²) in [6.07, 6.45) is 0.806. The predicted molar refractivity (Wildman–Crippen MR) is 61.3 cm³/mol. The fourth-order valence-corrected chi connectivity index (χ4v) is 1.95. The lowest BCUT2D eigenvalue weighted by molar-refractivity contribution is -0.120. The average molecular weight is 235 g/mol. The van der Waals surface area contributed by atoms with Crippen LogP contribution in [0, 0.1) is 12.7 Å². The number of aryl methyl sites for hydroxylation is 1. The third-order valence-corrected chi connectivity index (χ3v) is 3.04. The van der Waals surface area contributed by atoms with Crippen LogP contribution in [0.25, 0.3) is 0 Å². The molecular formula is C13H14FNO2. The van der Waals surface area contributed by atoms with Crippen LogP contribution in [-0.4, -0.2) is 29.7 Å². The van der Waals surface area contributed by atoms with E-state index in [-0.39, 0.29) is 11.7 Å². The lowest BCUT2D eigenvalue weighted by atomic mass is 10.0. The second kappa shape index (κ2) is 4.65. The Balaban J connectivity index is 2.19. The smallest absolute Gasteiger partial charge is 0.254 e. The minimum Gasteiger partial charge on any atom is -0.338 e. The maximum Gasteiger partial charge on any atom is 0.254 e. The van der Waals surface area contributed by atoms with Crippen LogP contribution in [0.15, 0.2) is 18.2 Å². The van der Waals surface area contributed by atoms with Gasteiger partial charge in [0.05, 0.1) is 0 Å². The van der Waals surface area contributed by atoms with Crippen molar-refractivity contribution in [3.8, 4) is 0 Å². The molecule has 17 heavy (non-hydrogen) atoms. The van der Waals surface area contributed by atoms with Crippen LogP contribution >= 0.6 is 0 Å². The molecule has 4 heteroatoms. The number of rotatable bonds is 1. The zero-order chi connectivity index (χ0) is 12.4. The van der Waals surface area contributed by atoms with Crippen LogP contribution in [-0.2, 0) is 4.79 Å². The van der Waals surface area contributed by atoms with Gasteiger partial charge in [-0.05, 0) is 24.6 Å². The number of hydrogen-bond acceptors (Lipinski definition) is 2.